The minimum Gasteiger partial charge on any atom is -0.381 e. The second-order valence-corrected chi connectivity index (χ2v) is 16.8. The molecule has 0 N–H and O–H groups in total. The Morgan fingerprint density at radius 1 is 0.804 bits per heavy atom. The number of hydrogen-bond acceptors (Lipinski definition) is 8. The van der Waals surface area contributed by atoms with E-state index in [0.29, 0.717) is 28.9 Å². The lowest BCUT2D eigenvalue weighted by Crippen LogP contribution is -2.48. The lowest BCUT2D eigenvalue weighted by atomic mass is 9.50. The number of benzene rings is 2. The predicted octanol–water partition coefficient (Wildman–Crippen LogP) is 8.14. The zero-order valence-electron chi connectivity index (χ0n) is 27.2. The van der Waals surface area contributed by atoms with Crippen LogP contribution in [-0.4, -0.2) is 56.8 Å². The molecule has 0 saturated heterocycles. The normalized spacial score (nSPS) is 25.2. The molecule has 0 radical (unpaired) electrons. The molecule has 10 heteroatoms. The van der Waals surface area contributed by atoms with Gasteiger partial charge in [0.15, 0.2) is 5.94 Å². The molecule has 7 rings (SSSR count). The van der Waals surface area contributed by atoms with E-state index in [1.54, 1.807) is 30.0 Å². The van der Waals surface area contributed by atoms with Gasteiger partial charge in [-0.2, -0.15) is 8.42 Å². The van der Waals surface area contributed by atoms with Gasteiger partial charge in [-0.3, -0.25) is 9.59 Å². The van der Waals surface area contributed by atoms with Crippen LogP contribution in [0.25, 0.3) is 10.8 Å². The fourth-order valence-corrected chi connectivity index (χ4v) is 10.6. The van der Waals surface area contributed by atoms with Gasteiger partial charge < -0.3 is 9.47 Å². The molecule has 1 aliphatic heterocycles. The number of thioether (sulfide) groups is 1. The molecule has 4 aliphatic carbocycles. The Bertz CT molecular complexity index is 1450. The third-order valence-electron chi connectivity index (χ3n) is 10.4. The van der Waals surface area contributed by atoms with Crippen molar-refractivity contribution in [1.82, 2.24) is 5.06 Å². The Hall–Kier alpha value is -1.98. The zero-order valence-corrected chi connectivity index (χ0v) is 28.8. The summed E-state index contributed by atoms with van der Waals surface area (Å²) in [5.41, 5.74) is 0.887. The van der Waals surface area contributed by atoms with Gasteiger partial charge in [-0.25, -0.2) is 0 Å². The van der Waals surface area contributed by atoms with E-state index >= 15 is 0 Å². The standard InChI is InChI=1S/C36H49NO7S2/c1-2-3-4-5-6-9-17-45-32-14-13-31-33-29(32)11-10-12-30(33)34(38)37(35(31)39)44-46(40,41)25-43-16-8-7-15-42-24-36-21-26-18-27(22-36)20-28(19-26)23-36/h10-14,26-28H,2-9,15-25H2,1H3. The second-order valence-electron chi connectivity index (χ2n) is 14.2. The van der Waals surface area contributed by atoms with Gasteiger partial charge in [0, 0.05) is 23.5 Å². The summed E-state index contributed by atoms with van der Waals surface area (Å²) in [6.45, 7) is 3.90. The van der Waals surface area contributed by atoms with E-state index in [2.05, 4.69) is 6.92 Å². The van der Waals surface area contributed by atoms with Crippen LogP contribution in [0.4, 0.5) is 0 Å². The van der Waals surface area contributed by atoms with Gasteiger partial charge in [0.1, 0.15) is 0 Å². The first-order valence-corrected chi connectivity index (χ1v) is 20.0. The Morgan fingerprint density at radius 3 is 2.13 bits per heavy atom. The van der Waals surface area contributed by atoms with Crippen LogP contribution in [0.1, 0.15) is 118 Å². The van der Waals surface area contributed by atoms with Crippen LogP contribution in [-0.2, 0) is 23.9 Å². The Kier molecular flexibility index (Phi) is 11.1. The highest BCUT2D eigenvalue weighted by atomic mass is 32.2. The van der Waals surface area contributed by atoms with E-state index in [1.165, 1.54) is 70.6 Å². The van der Waals surface area contributed by atoms with Crippen molar-refractivity contribution in [1.29, 1.82) is 0 Å². The summed E-state index contributed by atoms with van der Waals surface area (Å²) in [5, 5.41) is 1.72. The summed E-state index contributed by atoms with van der Waals surface area (Å²) >= 11 is 1.72. The molecule has 4 saturated carbocycles. The van der Waals surface area contributed by atoms with Crippen LogP contribution in [0.15, 0.2) is 35.2 Å². The molecule has 0 unspecified atom stereocenters. The highest BCUT2D eigenvalue weighted by molar-refractivity contribution is 7.99. The summed E-state index contributed by atoms with van der Waals surface area (Å²) in [5.74, 6) is 1.34. The minimum absolute atomic E-state index is 0.215. The van der Waals surface area contributed by atoms with Crippen LogP contribution in [0, 0.1) is 23.2 Å². The van der Waals surface area contributed by atoms with Crippen molar-refractivity contribution in [3.05, 3.63) is 41.5 Å². The largest absolute Gasteiger partial charge is 0.381 e. The highest BCUT2D eigenvalue weighted by Gasteiger charge is 2.50. The maximum Gasteiger partial charge on any atom is 0.313 e. The molecule has 0 spiro atoms. The van der Waals surface area contributed by atoms with E-state index in [0.717, 1.165) is 53.2 Å². The van der Waals surface area contributed by atoms with Gasteiger partial charge in [0.25, 0.3) is 11.8 Å². The predicted molar refractivity (Wildman–Crippen MR) is 180 cm³/mol. The number of unbranched alkanes of at least 4 members (excludes halogenated alkanes) is 6. The lowest BCUT2D eigenvalue weighted by Gasteiger charge is -2.56. The number of ether oxygens (including phenoxy) is 2. The second kappa shape index (κ2) is 15.1. The topological polar surface area (TPSA) is 99.2 Å². The van der Waals surface area contributed by atoms with Crippen molar-refractivity contribution < 1.29 is 31.8 Å². The van der Waals surface area contributed by atoms with Crippen molar-refractivity contribution >= 4 is 44.5 Å². The number of carbonyl (C=O) groups excluding carboxylic acids is 2. The van der Waals surface area contributed by atoms with Crippen LogP contribution >= 0.6 is 11.8 Å². The lowest BCUT2D eigenvalue weighted by molar-refractivity contribution is -0.0967. The fraction of sp³-hybridized carbons (Fsp3) is 0.667. The van der Waals surface area contributed by atoms with E-state index in [-0.39, 0.29) is 17.7 Å². The number of hydrogen-bond donors (Lipinski definition) is 0. The van der Waals surface area contributed by atoms with Crippen LogP contribution in [0.3, 0.4) is 0 Å². The first-order chi connectivity index (χ1) is 22.3. The minimum atomic E-state index is -4.35. The molecule has 2 aromatic rings. The molecule has 2 amide bonds. The molecule has 46 heavy (non-hydrogen) atoms. The molecular weight excluding hydrogens is 623 g/mol. The molecule has 5 aliphatic rings. The van der Waals surface area contributed by atoms with Crippen molar-refractivity contribution in [3.63, 3.8) is 0 Å². The third kappa shape index (κ3) is 7.83. The highest BCUT2D eigenvalue weighted by Crippen LogP contribution is 2.60. The average molecular weight is 672 g/mol. The fourth-order valence-electron chi connectivity index (χ4n) is 8.77. The van der Waals surface area contributed by atoms with Gasteiger partial charge in [0.2, 0.25) is 0 Å². The average Bonchev–Trinajstić information content (AvgIpc) is 3.02. The molecule has 4 fully saturated rings. The molecule has 0 aromatic heterocycles. The van der Waals surface area contributed by atoms with E-state index in [1.807, 2.05) is 12.1 Å². The molecule has 4 bridgehead atoms. The summed E-state index contributed by atoms with van der Waals surface area (Å²) in [6.07, 6.45) is 16.9. The Balaban J connectivity index is 0.944. The Labute approximate surface area is 278 Å². The van der Waals surface area contributed by atoms with Crippen molar-refractivity contribution in [2.24, 2.45) is 23.2 Å². The summed E-state index contributed by atoms with van der Waals surface area (Å²) in [6, 6.07) is 8.80. The summed E-state index contributed by atoms with van der Waals surface area (Å²) in [4.78, 5) is 27.6. The first kappa shape index (κ1) is 33.9. The number of amides is 2. The quantitative estimate of drug-likeness (QED) is 0.0839. The summed E-state index contributed by atoms with van der Waals surface area (Å²) in [7, 11) is -4.35. The van der Waals surface area contributed by atoms with Crippen molar-refractivity contribution in [3.8, 4) is 0 Å². The van der Waals surface area contributed by atoms with Crippen LogP contribution in [0.2, 0.25) is 0 Å². The van der Waals surface area contributed by atoms with E-state index < -0.39 is 27.9 Å². The summed E-state index contributed by atoms with van der Waals surface area (Å²) < 4.78 is 42.0. The number of rotatable bonds is 19. The maximum absolute atomic E-state index is 13.3. The van der Waals surface area contributed by atoms with Gasteiger partial charge >= 0.3 is 10.1 Å². The van der Waals surface area contributed by atoms with E-state index in [9.17, 15) is 18.0 Å². The molecule has 252 valence electrons. The van der Waals surface area contributed by atoms with Gasteiger partial charge in [-0.1, -0.05) is 51.2 Å². The maximum atomic E-state index is 13.3. The molecule has 0 atom stereocenters. The van der Waals surface area contributed by atoms with Crippen molar-refractivity contribution in [2.45, 2.75) is 102 Å². The van der Waals surface area contributed by atoms with Gasteiger partial charge in [-0.15, -0.1) is 21.1 Å². The van der Waals surface area contributed by atoms with Gasteiger partial charge in [0.05, 0.1) is 17.7 Å². The molecule has 1 heterocycles. The van der Waals surface area contributed by atoms with Crippen molar-refractivity contribution in [2.75, 3.05) is 31.5 Å². The molecule has 2 aromatic carbocycles. The zero-order chi connectivity index (χ0) is 32.1. The number of carbonyl (C=O) groups is 2. The van der Waals surface area contributed by atoms with Crippen LogP contribution < -0.4 is 0 Å². The van der Waals surface area contributed by atoms with Crippen LogP contribution in [0.5, 0.6) is 0 Å². The Morgan fingerprint density at radius 2 is 1.43 bits per heavy atom. The molecule has 8 nitrogen and oxygen atoms in total. The number of nitrogens with zero attached hydrogens (tertiary/aromatic N) is 1. The number of hydroxylamine groups is 2. The molecular formula is C36H49NO7S2. The van der Waals surface area contributed by atoms with Gasteiger partial charge in [-0.05, 0) is 110 Å². The van der Waals surface area contributed by atoms with E-state index in [4.69, 9.17) is 13.8 Å². The SMILES string of the molecule is CCCCCCCCSc1ccc2c3c(cccc13)C(=O)N(OS(=O)(=O)COCCCCOCC13CC4CC(CC(C4)C1)C3)C2=O. The first-order valence-electron chi connectivity index (χ1n) is 17.4. The smallest absolute Gasteiger partial charge is 0.313 e. The number of imide groups is 1. The third-order valence-corrected chi connectivity index (χ3v) is 12.4. The monoisotopic (exact) mass is 671 g/mol.